The summed E-state index contributed by atoms with van der Waals surface area (Å²) in [6.45, 7) is 2.55. The number of benzene rings is 1. The molecule has 2 nitrogen and oxygen atoms in total. The summed E-state index contributed by atoms with van der Waals surface area (Å²) in [5.41, 5.74) is 0.610. The normalized spacial score (nSPS) is 12.3. The maximum atomic E-state index is 12.1. The van der Waals surface area contributed by atoms with Crippen molar-refractivity contribution in [2.24, 2.45) is 0 Å². The maximum Gasteiger partial charge on any atom is 0.254 e. The van der Waals surface area contributed by atoms with E-state index in [-0.39, 0.29) is 11.3 Å². The van der Waals surface area contributed by atoms with Gasteiger partial charge in [-0.15, -0.1) is 11.6 Å². The van der Waals surface area contributed by atoms with Gasteiger partial charge in [0.2, 0.25) is 0 Å². The first-order valence-electron chi connectivity index (χ1n) is 5.26. The van der Waals surface area contributed by atoms with Crippen molar-refractivity contribution in [3.63, 3.8) is 0 Å². The van der Waals surface area contributed by atoms with E-state index in [4.69, 9.17) is 23.2 Å². The molecule has 1 unspecified atom stereocenters. The van der Waals surface area contributed by atoms with Gasteiger partial charge in [-0.05, 0) is 47.5 Å². The lowest BCUT2D eigenvalue weighted by molar-refractivity contribution is 0.0793. The fourth-order valence-corrected chi connectivity index (χ4v) is 2.29. The maximum absolute atomic E-state index is 12.1. The molecule has 1 aromatic rings. The highest BCUT2D eigenvalue weighted by molar-refractivity contribution is 9.10. The monoisotopic (exact) mass is 337 g/mol. The summed E-state index contributed by atoms with van der Waals surface area (Å²) in [6, 6.07) is 5.14. The minimum Gasteiger partial charge on any atom is -0.342 e. The molecule has 94 valence electrons. The number of carbonyl (C=O) groups is 1. The smallest absolute Gasteiger partial charge is 0.254 e. The van der Waals surface area contributed by atoms with Crippen LogP contribution >= 0.6 is 39.1 Å². The van der Waals surface area contributed by atoms with Crippen LogP contribution in [-0.2, 0) is 0 Å². The fraction of sp³-hybridized carbons (Fsp3) is 0.417. The standard InChI is InChI=1S/C12H14BrCl2NO/c1-8(14)5-6-16(2)12(17)10-4-3-9(15)7-11(10)13/h3-4,7-8H,5-6H2,1-2H3. The Morgan fingerprint density at radius 2 is 2.18 bits per heavy atom. The Morgan fingerprint density at radius 1 is 1.53 bits per heavy atom. The molecule has 0 radical (unpaired) electrons. The molecule has 0 aliphatic rings. The van der Waals surface area contributed by atoms with E-state index in [0.29, 0.717) is 21.6 Å². The molecule has 1 amide bonds. The minimum atomic E-state index is -0.0362. The number of alkyl halides is 1. The summed E-state index contributed by atoms with van der Waals surface area (Å²) in [4.78, 5) is 13.8. The molecule has 5 heteroatoms. The quantitative estimate of drug-likeness (QED) is 0.754. The van der Waals surface area contributed by atoms with Crippen molar-refractivity contribution in [2.45, 2.75) is 18.7 Å². The van der Waals surface area contributed by atoms with Crippen LogP contribution in [0.25, 0.3) is 0 Å². The van der Waals surface area contributed by atoms with Gasteiger partial charge in [-0.25, -0.2) is 0 Å². The minimum absolute atomic E-state index is 0.0362. The third-order valence-corrected chi connectivity index (χ3v) is 3.48. The summed E-state index contributed by atoms with van der Waals surface area (Å²) in [7, 11) is 1.77. The second kappa shape index (κ2) is 6.62. The molecule has 0 N–H and O–H groups in total. The van der Waals surface area contributed by atoms with E-state index in [2.05, 4.69) is 15.9 Å². The number of nitrogens with zero attached hydrogens (tertiary/aromatic N) is 1. The molecule has 0 fully saturated rings. The molecule has 0 spiro atoms. The zero-order chi connectivity index (χ0) is 13.0. The lowest BCUT2D eigenvalue weighted by Crippen LogP contribution is -2.29. The summed E-state index contributed by atoms with van der Waals surface area (Å²) in [6.07, 6.45) is 0.773. The molecule has 1 aromatic carbocycles. The number of amides is 1. The lowest BCUT2D eigenvalue weighted by Gasteiger charge is -2.18. The third-order valence-electron chi connectivity index (χ3n) is 2.37. The van der Waals surface area contributed by atoms with Gasteiger partial charge < -0.3 is 4.90 Å². The molecule has 0 bridgehead atoms. The van der Waals surface area contributed by atoms with Gasteiger partial charge in [-0.2, -0.15) is 0 Å². The van der Waals surface area contributed by atoms with Crippen LogP contribution in [0.2, 0.25) is 5.02 Å². The van der Waals surface area contributed by atoms with Crippen molar-refractivity contribution in [1.29, 1.82) is 0 Å². The fourth-order valence-electron chi connectivity index (χ4n) is 1.34. The van der Waals surface area contributed by atoms with Crippen LogP contribution in [0, 0.1) is 0 Å². The molecule has 1 atom stereocenters. The zero-order valence-electron chi connectivity index (χ0n) is 9.71. The second-order valence-electron chi connectivity index (χ2n) is 3.92. The molecule has 0 aliphatic carbocycles. The van der Waals surface area contributed by atoms with E-state index in [9.17, 15) is 4.79 Å². The summed E-state index contributed by atoms with van der Waals surface area (Å²) >= 11 is 15.0. The molecule has 0 heterocycles. The van der Waals surface area contributed by atoms with E-state index >= 15 is 0 Å². The largest absolute Gasteiger partial charge is 0.342 e. The van der Waals surface area contributed by atoms with Crippen LogP contribution in [0.4, 0.5) is 0 Å². The van der Waals surface area contributed by atoms with E-state index in [1.165, 1.54) is 0 Å². The molecule has 0 saturated heterocycles. The van der Waals surface area contributed by atoms with Crippen molar-refractivity contribution in [3.05, 3.63) is 33.3 Å². The lowest BCUT2D eigenvalue weighted by atomic mass is 10.2. The topological polar surface area (TPSA) is 20.3 Å². The second-order valence-corrected chi connectivity index (χ2v) is 5.96. The van der Waals surface area contributed by atoms with Crippen LogP contribution in [-0.4, -0.2) is 29.8 Å². The Balaban J connectivity index is 2.75. The van der Waals surface area contributed by atoms with Crippen molar-refractivity contribution >= 4 is 45.0 Å². The molecule has 0 saturated carbocycles. The molecular weight excluding hydrogens is 325 g/mol. The number of halogens is 3. The van der Waals surface area contributed by atoms with Gasteiger partial charge in [0.1, 0.15) is 0 Å². The van der Waals surface area contributed by atoms with Crippen LogP contribution in [0.15, 0.2) is 22.7 Å². The average Bonchev–Trinajstić information content (AvgIpc) is 2.25. The predicted octanol–water partition coefficient (Wildman–Crippen LogP) is 4.19. The Morgan fingerprint density at radius 3 is 2.71 bits per heavy atom. The zero-order valence-corrected chi connectivity index (χ0v) is 12.8. The first-order chi connectivity index (χ1) is 7.91. The number of hydrogen-bond donors (Lipinski definition) is 0. The van der Waals surface area contributed by atoms with Gasteiger partial charge in [-0.3, -0.25) is 4.79 Å². The third kappa shape index (κ3) is 4.49. The van der Waals surface area contributed by atoms with Crippen molar-refractivity contribution < 1.29 is 4.79 Å². The van der Waals surface area contributed by atoms with E-state index in [1.807, 2.05) is 6.92 Å². The molecule has 1 rings (SSSR count). The van der Waals surface area contributed by atoms with Crippen molar-refractivity contribution in [2.75, 3.05) is 13.6 Å². The summed E-state index contributed by atoms with van der Waals surface area (Å²) < 4.78 is 0.709. The molecule has 0 aliphatic heterocycles. The van der Waals surface area contributed by atoms with Crippen LogP contribution in [0.5, 0.6) is 0 Å². The first-order valence-corrected chi connectivity index (χ1v) is 6.87. The van der Waals surface area contributed by atoms with Gasteiger partial charge in [0.25, 0.3) is 5.91 Å². The highest BCUT2D eigenvalue weighted by atomic mass is 79.9. The number of hydrogen-bond acceptors (Lipinski definition) is 1. The van der Waals surface area contributed by atoms with Crippen LogP contribution in [0.1, 0.15) is 23.7 Å². The molecular formula is C12H14BrCl2NO. The van der Waals surface area contributed by atoms with Crippen LogP contribution < -0.4 is 0 Å². The van der Waals surface area contributed by atoms with Crippen molar-refractivity contribution in [1.82, 2.24) is 4.90 Å². The highest BCUT2D eigenvalue weighted by Crippen LogP contribution is 2.22. The average molecular weight is 339 g/mol. The number of carbonyl (C=O) groups excluding carboxylic acids is 1. The number of rotatable bonds is 4. The summed E-state index contributed by atoms with van der Waals surface area (Å²) in [5, 5.41) is 0.671. The van der Waals surface area contributed by atoms with Crippen LogP contribution in [0.3, 0.4) is 0 Å². The van der Waals surface area contributed by atoms with E-state index in [1.54, 1.807) is 30.1 Å². The van der Waals surface area contributed by atoms with Crippen molar-refractivity contribution in [3.8, 4) is 0 Å². The van der Waals surface area contributed by atoms with Gasteiger partial charge in [0.15, 0.2) is 0 Å². The van der Waals surface area contributed by atoms with Gasteiger partial charge in [-0.1, -0.05) is 11.6 Å². The van der Waals surface area contributed by atoms with Gasteiger partial charge in [0.05, 0.1) is 5.56 Å². The Hall–Kier alpha value is -0.250. The Bertz CT molecular complexity index is 409. The van der Waals surface area contributed by atoms with E-state index < -0.39 is 0 Å². The van der Waals surface area contributed by atoms with E-state index in [0.717, 1.165) is 6.42 Å². The molecule has 0 aromatic heterocycles. The van der Waals surface area contributed by atoms with Gasteiger partial charge >= 0.3 is 0 Å². The Labute approximate surface area is 120 Å². The highest BCUT2D eigenvalue weighted by Gasteiger charge is 2.15. The first kappa shape index (κ1) is 14.8. The molecule has 17 heavy (non-hydrogen) atoms. The SMILES string of the molecule is CC(Cl)CCN(C)C(=O)c1ccc(Cl)cc1Br. The van der Waals surface area contributed by atoms with Gasteiger partial charge in [0, 0.05) is 28.5 Å². The predicted molar refractivity (Wildman–Crippen MR) is 76.0 cm³/mol. The summed E-state index contributed by atoms with van der Waals surface area (Å²) in [5.74, 6) is -0.0362. The Kier molecular flexibility index (Phi) is 5.77.